The molecule has 1 aromatic heterocycles. The van der Waals surface area contributed by atoms with E-state index in [2.05, 4.69) is 31.7 Å². The van der Waals surface area contributed by atoms with Crippen LogP contribution in [0.1, 0.15) is 13.3 Å². The molecule has 16 heavy (non-hydrogen) atoms. The number of hydrogen-bond acceptors (Lipinski definition) is 4. The second kappa shape index (κ2) is 4.97. The van der Waals surface area contributed by atoms with Gasteiger partial charge < -0.3 is 10.6 Å². The molecule has 5 nitrogen and oxygen atoms in total. The van der Waals surface area contributed by atoms with Gasteiger partial charge in [-0.15, -0.1) is 0 Å². The summed E-state index contributed by atoms with van der Waals surface area (Å²) in [6.07, 6.45) is 2.61. The highest BCUT2D eigenvalue weighted by Gasteiger charge is 2.18. The Bertz CT molecular complexity index is 427. The quantitative estimate of drug-likeness (QED) is 0.860. The van der Waals surface area contributed by atoms with Crippen LogP contribution in [0.5, 0.6) is 0 Å². The molecule has 0 atom stereocenters. The monoisotopic (exact) mass is 286 g/mol. The molecule has 0 amide bonds. The highest BCUT2D eigenvalue weighted by atomic mass is 79.9. The highest BCUT2D eigenvalue weighted by Crippen LogP contribution is 2.17. The van der Waals surface area contributed by atoms with E-state index in [1.165, 1.54) is 4.68 Å². The van der Waals surface area contributed by atoms with Crippen molar-refractivity contribution in [3.63, 3.8) is 0 Å². The number of anilines is 1. The summed E-state index contributed by atoms with van der Waals surface area (Å²) in [6.45, 7) is 4.55. The third kappa shape index (κ3) is 2.27. The Morgan fingerprint density at radius 2 is 2.44 bits per heavy atom. The molecule has 0 unspecified atom stereocenters. The molecule has 1 aliphatic heterocycles. The molecule has 2 heterocycles. The van der Waals surface area contributed by atoms with E-state index in [4.69, 9.17) is 0 Å². The molecule has 0 aliphatic carbocycles. The average Bonchev–Trinajstić information content (AvgIpc) is 2.21. The summed E-state index contributed by atoms with van der Waals surface area (Å²) < 4.78 is 2.05. The minimum absolute atomic E-state index is 0.0702. The van der Waals surface area contributed by atoms with Crippen LogP contribution in [0.2, 0.25) is 0 Å². The Hall–Kier alpha value is -0.880. The number of nitrogens with zero attached hydrogens (tertiary/aromatic N) is 2. The van der Waals surface area contributed by atoms with E-state index >= 15 is 0 Å². The molecule has 0 spiro atoms. The Kier molecular flexibility index (Phi) is 3.60. The standard InChI is InChI=1S/C10H15BrN4O/c1-2-3-15-10(16)9(11)8(6-13-15)14-7-4-12-5-7/h6-7,12,14H,2-5H2,1H3. The highest BCUT2D eigenvalue weighted by molar-refractivity contribution is 9.10. The van der Waals surface area contributed by atoms with E-state index in [-0.39, 0.29) is 5.56 Å². The molecule has 1 saturated heterocycles. The predicted octanol–water partition coefficient (Wildman–Crippen LogP) is 0.799. The molecule has 1 fully saturated rings. The van der Waals surface area contributed by atoms with E-state index < -0.39 is 0 Å². The van der Waals surface area contributed by atoms with Crippen LogP contribution in [0.15, 0.2) is 15.5 Å². The van der Waals surface area contributed by atoms with Gasteiger partial charge in [0.1, 0.15) is 4.47 Å². The largest absolute Gasteiger partial charge is 0.377 e. The summed E-state index contributed by atoms with van der Waals surface area (Å²) in [4.78, 5) is 11.9. The lowest BCUT2D eigenvalue weighted by Gasteiger charge is -2.29. The van der Waals surface area contributed by atoms with Gasteiger partial charge in [-0.2, -0.15) is 5.10 Å². The fourth-order valence-electron chi connectivity index (χ4n) is 1.55. The second-order valence-electron chi connectivity index (χ2n) is 3.90. The Labute approximate surface area is 102 Å². The zero-order valence-electron chi connectivity index (χ0n) is 9.16. The first kappa shape index (κ1) is 11.6. The number of rotatable bonds is 4. The third-order valence-corrected chi connectivity index (χ3v) is 3.33. The average molecular weight is 287 g/mol. The third-order valence-electron chi connectivity index (χ3n) is 2.56. The molecule has 2 N–H and O–H groups in total. The van der Waals surface area contributed by atoms with E-state index in [0.717, 1.165) is 25.2 Å². The maximum Gasteiger partial charge on any atom is 0.283 e. The van der Waals surface area contributed by atoms with Crippen molar-refractivity contribution < 1.29 is 0 Å². The number of halogens is 1. The first-order valence-electron chi connectivity index (χ1n) is 5.45. The van der Waals surface area contributed by atoms with Crippen LogP contribution in [0.25, 0.3) is 0 Å². The van der Waals surface area contributed by atoms with Gasteiger partial charge in [-0.25, -0.2) is 4.68 Å². The van der Waals surface area contributed by atoms with Crippen LogP contribution in [0.3, 0.4) is 0 Å². The normalized spacial score (nSPS) is 15.9. The zero-order chi connectivity index (χ0) is 11.5. The van der Waals surface area contributed by atoms with Crippen molar-refractivity contribution in [2.45, 2.75) is 25.9 Å². The molecule has 1 aromatic rings. The van der Waals surface area contributed by atoms with E-state index in [1.807, 2.05) is 6.92 Å². The Morgan fingerprint density at radius 1 is 1.69 bits per heavy atom. The van der Waals surface area contributed by atoms with Crippen molar-refractivity contribution >= 4 is 21.6 Å². The van der Waals surface area contributed by atoms with Gasteiger partial charge in [-0.05, 0) is 22.4 Å². The van der Waals surface area contributed by atoms with Crippen LogP contribution in [-0.2, 0) is 6.54 Å². The smallest absolute Gasteiger partial charge is 0.283 e. The SMILES string of the molecule is CCCn1ncc(NC2CNC2)c(Br)c1=O. The zero-order valence-corrected chi connectivity index (χ0v) is 10.7. The molecule has 0 radical (unpaired) electrons. The van der Waals surface area contributed by atoms with Crippen molar-refractivity contribution in [2.75, 3.05) is 18.4 Å². The summed E-state index contributed by atoms with van der Waals surface area (Å²) in [5.74, 6) is 0. The van der Waals surface area contributed by atoms with Gasteiger partial charge in [-0.3, -0.25) is 4.79 Å². The van der Waals surface area contributed by atoms with Crippen LogP contribution in [-0.4, -0.2) is 28.9 Å². The number of nitrogens with one attached hydrogen (secondary N) is 2. The molecular weight excluding hydrogens is 272 g/mol. The molecule has 0 aromatic carbocycles. The van der Waals surface area contributed by atoms with Crippen molar-refractivity contribution in [1.82, 2.24) is 15.1 Å². The number of aromatic nitrogens is 2. The van der Waals surface area contributed by atoms with Gasteiger partial charge in [0, 0.05) is 19.6 Å². The second-order valence-corrected chi connectivity index (χ2v) is 4.69. The summed E-state index contributed by atoms with van der Waals surface area (Å²) in [6, 6.07) is 0.402. The maximum atomic E-state index is 11.9. The van der Waals surface area contributed by atoms with Crippen LogP contribution in [0, 0.1) is 0 Å². The molecule has 2 rings (SSSR count). The lowest BCUT2D eigenvalue weighted by atomic mass is 10.2. The van der Waals surface area contributed by atoms with E-state index in [0.29, 0.717) is 17.1 Å². The van der Waals surface area contributed by atoms with Gasteiger partial charge in [0.15, 0.2) is 0 Å². The minimum atomic E-state index is -0.0702. The van der Waals surface area contributed by atoms with E-state index in [1.54, 1.807) is 6.20 Å². The van der Waals surface area contributed by atoms with E-state index in [9.17, 15) is 4.79 Å². The number of aryl methyl sites for hydroxylation is 1. The molecule has 0 saturated carbocycles. The van der Waals surface area contributed by atoms with Gasteiger partial charge in [0.2, 0.25) is 0 Å². The fourth-order valence-corrected chi connectivity index (χ4v) is 1.97. The molecule has 1 aliphatic rings. The first-order chi connectivity index (χ1) is 7.72. The summed E-state index contributed by atoms with van der Waals surface area (Å²) in [7, 11) is 0. The van der Waals surface area contributed by atoms with Gasteiger partial charge in [0.25, 0.3) is 5.56 Å². The van der Waals surface area contributed by atoms with Crippen molar-refractivity contribution in [3.8, 4) is 0 Å². The molecule has 0 bridgehead atoms. The van der Waals surface area contributed by atoms with Crippen LogP contribution < -0.4 is 16.2 Å². The van der Waals surface area contributed by atoms with Gasteiger partial charge in [-0.1, -0.05) is 6.92 Å². The minimum Gasteiger partial charge on any atom is -0.377 e. The molecular formula is C10H15BrN4O. The fraction of sp³-hybridized carbons (Fsp3) is 0.600. The maximum absolute atomic E-state index is 11.9. The van der Waals surface area contributed by atoms with Crippen LogP contribution >= 0.6 is 15.9 Å². The summed E-state index contributed by atoms with van der Waals surface area (Å²) in [5, 5.41) is 10.6. The van der Waals surface area contributed by atoms with Crippen molar-refractivity contribution in [2.24, 2.45) is 0 Å². The Morgan fingerprint density at radius 3 is 3.00 bits per heavy atom. The molecule has 6 heteroatoms. The number of hydrogen-bond donors (Lipinski definition) is 2. The lowest BCUT2D eigenvalue weighted by molar-refractivity contribution is 0.471. The topological polar surface area (TPSA) is 59.0 Å². The predicted molar refractivity (Wildman–Crippen MR) is 66.8 cm³/mol. The Balaban J connectivity index is 2.20. The summed E-state index contributed by atoms with van der Waals surface area (Å²) >= 11 is 3.33. The van der Waals surface area contributed by atoms with Gasteiger partial charge in [0.05, 0.1) is 17.9 Å². The van der Waals surface area contributed by atoms with Crippen LogP contribution in [0.4, 0.5) is 5.69 Å². The van der Waals surface area contributed by atoms with Crippen molar-refractivity contribution in [3.05, 3.63) is 21.0 Å². The van der Waals surface area contributed by atoms with Gasteiger partial charge >= 0.3 is 0 Å². The lowest BCUT2D eigenvalue weighted by Crippen LogP contribution is -2.51. The van der Waals surface area contributed by atoms with Crippen molar-refractivity contribution in [1.29, 1.82) is 0 Å². The molecule has 88 valence electrons. The first-order valence-corrected chi connectivity index (χ1v) is 6.24. The summed E-state index contributed by atoms with van der Waals surface area (Å²) in [5.41, 5.74) is 0.711.